The Morgan fingerprint density at radius 2 is 2.15 bits per heavy atom. The van der Waals surface area contributed by atoms with Crippen molar-refractivity contribution in [3.8, 4) is 0 Å². The monoisotopic (exact) mass is 376 g/mol. The molecular formula is C10H9BrN4O3S2. The van der Waals surface area contributed by atoms with Gasteiger partial charge in [-0.2, -0.15) is 0 Å². The van der Waals surface area contributed by atoms with E-state index in [1.165, 1.54) is 18.2 Å². The molecule has 2 rings (SSSR count). The molecule has 2 aromatic rings. The Morgan fingerprint density at radius 1 is 1.45 bits per heavy atom. The van der Waals surface area contributed by atoms with Gasteiger partial charge in [-0.15, -0.1) is 5.10 Å². The van der Waals surface area contributed by atoms with E-state index in [4.69, 9.17) is 5.14 Å². The zero-order valence-electron chi connectivity index (χ0n) is 10.1. The van der Waals surface area contributed by atoms with Crippen LogP contribution in [0.15, 0.2) is 27.6 Å². The molecule has 1 amide bonds. The van der Waals surface area contributed by atoms with Crippen LogP contribution in [-0.4, -0.2) is 23.9 Å². The number of sulfonamides is 1. The van der Waals surface area contributed by atoms with Crippen molar-refractivity contribution in [2.75, 3.05) is 5.32 Å². The van der Waals surface area contributed by atoms with E-state index >= 15 is 0 Å². The Bertz CT molecular complexity index is 773. The number of aromatic nitrogens is 2. The van der Waals surface area contributed by atoms with Crippen LogP contribution in [-0.2, 0) is 10.0 Å². The first-order valence-electron chi connectivity index (χ1n) is 5.21. The Morgan fingerprint density at radius 3 is 2.65 bits per heavy atom. The summed E-state index contributed by atoms with van der Waals surface area (Å²) in [6.45, 7) is 1.68. The molecule has 0 saturated carbocycles. The minimum atomic E-state index is -3.78. The quantitative estimate of drug-likeness (QED) is 0.841. The molecule has 1 aromatic heterocycles. The molecule has 0 bridgehead atoms. The van der Waals surface area contributed by atoms with E-state index in [0.717, 1.165) is 11.5 Å². The zero-order valence-corrected chi connectivity index (χ0v) is 13.3. The topological polar surface area (TPSA) is 115 Å². The highest BCUT2D eigenvalue weighted by Crippen LogP contribution is 2.26. The minimum Gasteiger partial charge on any atom is -0.320 e. The minimum absolute atomic E-state index is 0.0435. The van der Waals surface area contributed by atoms with Gasteiger partial charge in [-0.3, -0.25) is 4.79 Å². The van der Waals surface area contributed by atoms with Gasteiger partial charge in [0.25, 0.3) is 5.91 Å². The van der Waals surface area contributed by atoms with Crippen molar-refractivity contribution < 1.29 is 13.2 Å². The summed E-state index contributed by atoms with van der Waals surface area (Å²) < 4.78 is 26.5. The maximum atomic E-state index is 12.0. The van der Waals surface area contributed by atoms with Crippen LogP contribution < -0.4 is 10.5 Å². The number of nitrogens with zero attached hydrogens (tertiary/aromatic N) is 2. The van der Waals surface area contributed by atoms with Crippen LogP contribution in [0.3, 0.4) is 0 Å². The number of rotatable bonds is 3. The fourth-order valence-electron chi connectivity index (χ4n) is 1.39. The van der Waals surface area contributed by atoms with Gasteiger partial charge in [-0.25, -0.2) is 13.6 Å². The molecule has 0 atom stereocenters. The molecule has 0 aliphatic carbocycles. The summed E-state index contributed by atoms with van der Waals surface area (Å²) in [7, 11) is -3.78. The fraction of sp³-hybridized carbons (Fsp3) is 0.100. The molecule has 1 aromatic carbocycles. The maximum absolute atomic E-state index is 12.0. The summed E-state index contributed by atoms with van der Waals surface area (Å²) >= 11 is 4.17. The lowest BCUT2D eigenvalue weighted by atomic mass is 10.3. The second-order valence-corrected chi connectivity index (χ2v) is 7.00. The van der Waals surface area contributed by atoms with E-state index in [0.29, 0.717) is 20.7 Å². The Balaban J connectivity index is 2.27. The number of nitrogens with one attached hydrogen (secondary N) is 1. The molecule has 106 valence electrons. The first-order valence-corrected chi connectivity index (χ1v) is 8.33. The van der Waals surface area contributed by atoms with Gasteiger partial charge >= 0.3 is 0 Å². The molecule has 0 unspecified atom stereocenters. The van der Waals surface area contributed by atoms with Gasteiger partial charge in [0.15, 0.2) is 0 Å². The lowest BCUT2D eigenvalue weighted by Crippen LogP contribution is -2.14. The van der Waals surface area contributed by atoms with Crippen LogP contribution in [0.25, 0.3) is 0 Å². The number of anilines is 1. The summed E-state index contributed by atoms with van der Waals surface area (Å²) in [6, 6.07) is 4.09. The fourth-order valence-corrected chi connectivity index (χ4v) is 3.11. The number of primary sulfonamides is 1. The van der Waals surface area contributed by atoms with Crippen LogP contribution in [0.4, 0.5) is 5.69 Å². The van der Waals surface area contributed by atoms with Crippen molar-refractivity contribution >= 4 is 49.1 Å². The van der Waals surface area contributed by atoms with Crippen LogP contribution in [0.5, 0.6) is 0 Å². The predicted molar refractivity (Wildman–Crippen MR) is 78.1 cm³/mol. The van der Waals surface area contributed by atoms with Crippen molar-refractivity contribution in [1.29, 1.82) is 0 Å². The third-order valence-corrected chi connectivity index (χ3v) is 4.77. The average Bonchev–Trinajstić information content (AvgIpc) is 2.76. The second-order valence-electron chi connectivity index (χ2n) is 3.83. The van der Waals surface area contributed by atoms with Crippen LogP contribution >= 0.6 is 27.5 Å². The third kappa shape index (κ3) is 3.20. The molecule has 0 saturated heterocycles. The number of amides is 1. The van der Waals surface area contributed by atoms with Crippen molar-refractivity contribution in [2.45, 2.75) is 11.8 Å². The summed E-state index contributed by atoms with van der Waals surface area (Å²) in [5.74, 6) is -0.360. The lowest BCUT2D eigenvalue weighted by Gasteiger charge is -2.07. The van der Waals surface area contributed by atoms with E-state index in [1.54, 1.807) is 6.92 Å². The summed E-state index contributed by atoms with van der Waals surface area (Å²) in [5.41, 5.74) is 0.958. The summed E-state index contributed by atoms with van der Waals surface area (Å²) in [4.78, 5) is 12.3. The molecule has 0 spiro atoms. The van der Waals surface area contributed by atoms with Crippen molar-refractivity contribution in [3.05, 3.63) is 33.2 Å². The molecule has 0 radical (unpaired) electrons. The van der Waals surface area contributed by atoms with E-state index < -0.39 is 10.0 Å². The number of hydrogen-bond acceptors (Lipinski definition) is 6. The highest BCUT2D eigenvalue weighted by atomic mass is 79.9. The van der Waals surface area contributed by atoms with Crippen molar-refractivity contribution in [1.82, 2.24) is 9.59 Å². The standard InChI is InChI=1S/C10H9BrN4O3S2/c1-5-9(19-15-14-5)10(16)13-8-3-2-6(4-7(8)11)20(12,17)18/h2-4H,1H3,(H,13,16)(H2,12,17,18). The van der Waals surface area contributed by atoms with Crippen LogP contribution in [0.2, 0.25) is 0 Å². The number of carbonyl (C=O) groups excluding carboxylic acids is 1. The Hall–Kier alpha value is -1.36. The summed E-state index contributed by atoms with van der Waals surface area (Å²) in [5, 5.41) is 11.4. The number of benzene rings is 1. The first kappa shape index (κ1) is 15.0. The highest BCUT2D eigenvalue weighted by molar-refractivity contribution is 9.10. The third-order valence-electron chi connectivity index (χ3n) is 2.38. The Kier molecular flexibility index (Phi) is 4.18. The second kappa shape index (κ2) is 5.56. The molecule has 7 nitrogen and oxygen atoms in total. The van der Waals surface area contributed by atoms with Gasteiger partial charge in [-0.05, 0) is 52.6 Å². The highest BCUT2D eigenvalue weighted by Gasteiger charge is 2.16. The molecule has 0 aliphatic rings. The largest absolute Gasteiger partial charge is 0.320 e. The number of hydrogen-bond donors (Lipinski definition) is 2. The molecular weight excluding hydrogens is 368 g/mol. The lowest BCUT2D eigenvalue weighted by molar-refractivity contribution is 0.102. The zero-order chi connectivity index (χ0) is 14.9. The molecule has 1 heterocycles. The number of carbonyl (C=O) groups is 1. The van der Waals surface area contributed by atoms with Crippen LogP contribution in [0, 0.1) is 6.92 Å². The molecule has 3 N–H and O–H groups in total. The number of aryl methyl sites for hydroxylation is 1. The molecule has 0 aliphatic heterocycles. The van der Waals surface area contributed by atoms with Gasteiger partial charge in [0, 0.05) is 4.47 Å². The van der Waals surface area contributed by atoms with E-state index in [9.17, 15) is 13.2 Å². The number of halogens is 1. The Labute approximate surface area is 127 Å². The predicted octanol–water partition coefficient (Wildman–Crippen LogP) is 1.51. The normalized spacial score (nSPS) is 11.3. The van der Waals surface area contributed by atoms with Gasteiger partial charge in [0.2, 0.25) is 10.0 Å². The molecule has 20 heavy (non-hydrogen) atoms. The summed E-state index contributed by atoms with van der Waals surface area (Å²) in [6.07, 6.45) is 0. The van der Waals surface area contributed by atoms with E-state index in [-0.39, 0.29) is 10.8 Å². The number of nitrogens with two attached hydrogens (primary N) is 1. The molecule has 10 heteroatoms. The maximum Gasteiger partial charge on any atom is 0.269 e. The van der Waals surface area contributed by atoms with Gasteiger partial charge in [-0.1, -0.05) is 4.49 Å². The SMILES string of the molecule is Cc1nnsc1C(=O)Nc1ccc(S(N)(=O)=O)cc1Br. The smallest absolute Gasteiger partial charge is 0.269 e. The van der Waals surface area contributed by atoms with Crippen molar-refractivity contribution in [2.24, 2.45) is 5.14 Å². The van der Waals surface area contributed by atoms with Gasteiger partial charge < -0.3 is 5.32 Å². The first-order chi connectivity index (χ1) is 9.29. The van der Waals surface area contributed by atoms with Crippen LogP contribution in [0.1, 0.15) is 15.4 Å². The average molecular weight is 377 g/mol. The molecule has 0 fully saturated rings. The van der Waals surface area contributed by atoms with E-state index in [1.807, 2.05) is 0 Å². The van der Waals surface area contributed by atoms with Gasteiger partial charge in [0.05, 0.1) is 16.3 Å². The van der Waals surface area contributed by atoms with Crippen molar-refractivity contribution in [3.63, 3.8) is 0 Å². The van der Waals surface area contributed by atoms with E-state index in [2.05, 4.69) is 30.8 Å². The van der Waals surface area contributed by atoms with Gasteiger partial charge in [0.1, 0.15) is 4.88 Å².